The number of rotatable bonds is 0. The summed E-state index contributed by atoms with van der Waals surface area (Å²) in [6.07, 6.45) is 0. The molecule has 0 aliphatic rings. The Hall–Kier alpha value is 0.0534. The van der Waals surface area contributed by atoms with Crippen LogP contribution in [0, 0.1) is 0 Å². The van der Waals surface area contributed by atoms with Crippen LogP contribution in [0.4, 0.5) is 0 Å². The molecular weight excluding hydrogens is 137 g/mol. The Morgan fingerprint density at radius 1 is 1.67 bits per heavy atom. The standard InChI is InChI=1S/C2H4O2.O.Zn/c1-2(3)4;;/h1H3,(H,3,4);;/q;-2;+2. The van der Waals surface area contributed by atoms with Crippen LogP contribution in [-0.2, 0) is 29.7 Å². The van der Waals surface area contributed by atoms with E-state index in [1.54, 1.807) is 0 Å². The van der Waals surface area contributed by atoms with Crippen LogP contribution in [0.25, 0.3) is 0 Å². The summed E-state index contributed by atoms with van der Waals surface area (Å²) in [6.45, 7) is 1.08. The summed E-state index contributed by atoms with van der Waals surface area (Å²) in [5.74, 6) is -0.833. The van der Waals surface area contributed by atoms with Crippen LogP contribution >= 0.6 is 0 Å². The molecule has 0 aromatic rings. The summed E-state index contributed by atoms with van der Waals surface area (Å²) < 4.78 is 0. The van der Waals surface area contributed by atoms with Crippen molar-refractivity contribution in [2.75, 3.05) is 0 Å². The van der Waals surface area contributed by atoms with Crippen molar-refractivity contribution in [3.63, 3.8) is 0 Å². The van der Waals surface area contributed by atoms with Crippen molar-refractivity contribution in [2.45, 2.75) is 6.92 Å². The molecular formula is C2H4O3Zn. The molecule has 0 aromatic heterocycles. The van der Waals surface area contributed by atoms with Crippen molar-refractivity contribution in [2.24, 2.45) is 0 Å². The molecule has 0 saturated heterocycles. The van der Waals surface area contributed by atoms with E-state index in [1.807, 2.05) is 0 Å². The summed E-state index contributed by atoms with van der Waals surface area (Å²) in [5.41, 5.74) is 0. The molecule has 0 saturated carbocycles. The van der Waals surface area contributed by atoms with Crippen molar-refractivity contribution in [3.05, 3.63) is 0 Å². The molecule has 0 heterocycles. The van der Waals surface area contributed by atoms with Gasteiger partial charge in [0.05, 0.1) is 0 Å². The van der Waals surface area contributed by atoms with E-state index >= 15 is 0 Å². The van der Waals surface area contributed by atoms with Crippen molar-refractivity contribution < 1.29 is 34.9 Å². The zero-order chi connectivity index (χ0) is 3.58. The minimum absolute atomic E-state index is 0. The van der Waals surface area contributed by atoms with Gasteiger partial charge >= 0.3 is 19.5 Å². The first-order valence-electron chi connectivity index (χ1n) is 0.928. The molecule has 32 valence electrons. The first-order valence-corrected chi connectivity index (χ1v) is 0.928. The Kier molecular flexibility index (Phi) is 24.6. The quantitative estimate of drug-likeness (QED) is 0.482. The molecule has 0 bridgehead atoms. The Balaban J connectivity index is -0.0000000450. The Morgan fingerprint density at radius 3 is 1.67 bits per heavy atom. The van der Waals surface area contributed by atoms with E-state index < -0.39 is 5.97 Å². The molecule has 0 fully saturated rings. The van der Waals surface area contributed by atoms with Gasteiger partial charge in [0.15, 0.2) is 0 Å². The van der Waals surface area contributed by atoms with Crippen molar-refractivity contribution in [3.8, 4) is 0 Å². The van der Waals surface area contributed by atoms with Crippen LogP contribution in [0.2, 0.25) is 0 Å². The van der Waals surface area contributed by atoms with E-state index in [0.29, 0.717) is 0 Å². The second kappa shape index (κ2) is 8.91. The van der Waals surface area contributed by atoms with Gasteiger partial charge in [-0.2, -0.15) is 0 Å². The predicted octanol–water partition coefficient (Wildman–Crippen LogP) is -0.0304. The van der Waals surface area contributed by atoms with E-state index in [-0.39, 0.29) is 25.0 Å². The van der Waals surface area contributed by atoms with Crippen molar-refractivity contribution >= 4 is 5.97 Å². The summed E-state index contributed by atoms with van der Waals surface area (Å²) in [7, 11) is 0. The van der Waals surface area contributed by atoms with E-state index in [4.69, 9.17) is 9.90 Å². The van der Waals surface area contributed by atoms with Crippen LogP contribution in [-0.4, -0.2) is 11.1 Å². The van der Waals surface area contributed by atoms with Gasteiger partial charge in [-0.3, -0.25) is 4.79 Å². The molecule has 0 unspecified atom stereocenters. The van der Waals surface area contributed by atoms with Gasteiger partial charge in [0.1, 0.15) is 0 Å². The van der Waals surface area contributed by atoms with Gasteiger partial charge in [0.2, 0.25) is 0 Å². The van der Waals surface area contributed by atoms with E-state index in [1.165, 1.54) is 0 Å². The zero-order valence-electron chi connectivity index (χ0n) is 3.47. The predicted molar refractivity (Wildman–Crippen MR) is 14.0 cm³/mol. The maximum atomic E-state index is 9.00. The molecule has 0 aromatic carbocycles. The maximum absolute atomic E-state index is 9.00. The number of carbonyl (C=O) groups is 1. The molecule has 6 heavy (non-hydrogen) atoms. The smallest absolute Gasteiger partial charge is 2.00 e. The van der Waals surface area contributed by atoms with Crippen LogP contribution in [0.5, 0.6) is 0 Å². The molecule has 4 heteroatoms. The van der Waals surface area contributed by atoms with Gasteiger partial charge in [-0.1, -0.05) is 0 Å². The van der Waals surface area contributed by atoms with Crippen molar-refractivity contribution in [1.29, 1.82) is 0 Å². The topological polar surface area (TPSA) is 65.8 Å². The number of hydrogen-bond acceptors (Lipinski definition) is 1. The van der Waals surface area contributed by atoms with Crippen LogP contribution in [0.15, 0.2) is 0 Å². The van der Waals surface area contributed by atoms with Gasteiger partial charge in [0.25, 0.3) is 5.97 Å². The third-order valence-electron chi connectivity index (χ3n) is 0. The largest absolute Gasteiger partial charge is 2.00 e. The molecule has 0 aliphatic heterocycles. The molecule has 0 spiro atoms. The SMILES string of the molecule is CC(=O)O.[O-2].[Zn+2]. The first kappa shape index (κ1) is 16.6. The van der Waals surface area contributed by atoms with Gasteiger partial charge in [-0.25, -0.2) is 0 Å². The number of carboxylic acids is 1. The zero-order valence-corrected chi connectivity index (χ0v) is 6.44. The summed E-state index contributed by atoms with van der Waals surface area (Å²) in [4.78, 5) is 9.00. The Bertz CT molecular complexity index is 31.8. The first-order chi connectivity index (χ1) is 1.73. The normalized spacial score (nSPS) is 4.17. The van der Waals surface area contributed by atoms with E-state index in [2.05, 4.69) is 0 Å². The van der Waals surface area contributed by atoms with Gasteiger partial charge < -0.3 is 10.6 Å². The van der Waals surface area contributed by atoms with Gasteiger partial charge in [-0.15, -0.1) is 0 Å². The molecule has 1 N–H and O–H groups in total. The molecule has 3 nitrogen and oxygen atoms in total. The van der Waals surface area contributed by atoms with Crippen LogP contribution in [0.1, 0.15) is 6.92 Å². The Labute approximate surface area is 48.4 Å². The fourth-order valence-electron chi connectivity index (χ4n) is 0. The second-order valence-electron chi connectivity index (χ2n) is 0.519. The number of hydrogen-bond donors (Lipinski definition) is 1. The maximum Gasteiger partial charge on any atom is 2.00 e. The van der Waals surface area contributed by atoms with Gasteiger partial charge in [0, 0.05) is 6.92 Å². The third kappa shape index (κ3) is 13300. The van der Waals surface area contributed by atoms with Crippen molar-refractivity contribution in [1.82, 2.24) is 0 Å². The molecule has 0 rings (SSSR count). The van der Waals surface area contributed by atoms with Gasteiger partial charge in [-0.05, 0) is 0 Å². The molecule has 0 aliphatic carbocycles. The fraction of sp³-hybridized carbons (Fsp3) is 0.500. The summed E-state index contributed by atoms with van der Waals surface area (Å²) in [5, 5.41) is 7.42. The monoisotopic (exact) mass is 140 g/mol. The summed E-state index contributed by atoms with van der Waals surface area (Å²) in [6, 6.07) is 0. The summed E-state index contributed by atoms with van der Waals surface area (Å²) >= 11 is 0. The average Bonchev–Trinajstić information content (AvgIpc) is 0.811. The number of carboxylic acid groups (broad SMARTS) is 1. The minimum atomic E-state index is -0.833. The van der Waals surface area contributed by atoms with Crippen LogP contribution < -0.4 is 0 Å². The van der Waals surface area contributed by atoms with E-state index in [0.717, 1.165) is 6.92 Å². The van der Waals surface area contributed by atoms with Crippen LogP contribution in [0.3, 0.4) is 0 Å². The fourth-order valence-corrected chi connectivity index (χ4v) is 0. The molecule has 0 amide bonds. The third-order valence-corrected chi connectivity index (χ3v) is 0. The molecule has 0 radical (unpaired) electrons. The van der Waals surface area contributed by atoms with E-state index in [9.17, 15) is 0 Å². The average molecular weight is 141 g/mol. The Morgan fingerprint density at radius 2 is 1.67 bits per heavy atom. The molecule has 0 atom stereocenters. The minimum Gasteiger partial charge on any atom is -2.00 e. The second-order valence-corrected chi connectivity index (χ2v) is 0.519. The number of aliphatic carboxylic acids is 1.